The molecule has 3 atom stereocenters. The number of nitrogens with zero attached hydrogens (tertiary/aromatic N) is 3. The summed E-state index contributed by atoms with van der Waals surface area (Å²) >= 11 is 0. The molecular formula is C20H28FN6O+. The number of quaternary nitrogens is 1. The van der Waals surface area contributed by atoms with Crippen molar-refractivity contribution in [1.29, 1.82) is 0 Å². The van der Waals surface area contributed by atoms with Crippen LogP contribution in [0.5, 0.6) is 0 Å². The van der Waals surface area contributed by atoms with Crippen molar-refractivity contribution in [2.75, 3.05) is 20.6 Å². The standard InChI is InChI=1S/C20H27FN6O/c1-27(2)14-7-8-17(15(9-14)18-11-25-18)24-10-16(20(23)28)19(22)26-13-5-3-12(21)4-6-13/h3-6,10,14-15,17,24H,7-9,11H2,1-2H3,(H2,22,26)(H2,23,28)/p+1/b16-10+/t14-,15-,17-/m0/s1. The number of rotatable bonds is 7. The maximum atomic E-state index is 13.0. The first-order chi connectivity index (χ1) is 13.3. The van der Waals surface area contributed by atoms with Crippen LogP contribution in [0.2, 0.25) is 0 Å². The van der Waals surface area contributed by atoms with Gasteiger partial charge in [0.2, 0.25) is 0 Å². The summed E-state index contributed by atoms with van der Waals surface area (Å²) in [7, 11) is 4.22. The molecule has 0 bridgehead atoms. The highest BCUT2D eigenvalue weighted by Gasteiger charge is 2.39. The first-order valence-electron chi connectivity index (χ1n) is 9.50. The molecule has 1 aromatic rings. The van der Waals surface area contributed by atoms with Crippen LogP contribution in [0.4, 0.5) is 10.1 Å². The van der Waals surface area contributed by atoms with Crippen molar-refractivity contribution in [2.45, 2.75) is 31.3 Å². The van der Waals surface area contributed by atoms with E-state index in [4.69, 9.17) is 11.5 Å². The fourth-order valence-electron chi connectivity index (χ4n) is 3.76. The molecular weight excluding hydrogens is 359 g/mol. The lowest BCUT2D eigenvalue weighted by Crippen LogP contribution is -2.88. The number of amidine groups is 1. The minimum atomic E-state index is -0.637. The van der Waals surface area contributed by atoms with Gasteiger partial charge in [-0.3, -0.25) is 9.79 Å². The van der Waals surface area contributed by atoms with E-state index in [2.05, 4.69) is 29.0 Å². The van der Waals surface area contributed by atoms with E-state index in [1.165, 1.54) is 30.0 Å². The molecule has 6 N–H and O–H groups in total. The fourth-order valence-corrected chi connectivity index (χ4v) is 3.76. The van der Waals surface area contributed by atoms with Gasteiger partial charge in [-0.25, -0.2) is 9.38 Å². The summed E-state index contributed by atoms with van der Waals surface area (Å²) in [6, 6.07) is 6.41. The summed E-state index contributed by atoms with van der Waals surface area (Å²) in [4.78, 5) is 22.8. The van der Waals surface area contributed by atoms with Gasteiger partial charge in [-0.2, -0.15) is 0 Å². The fraction of sp³-hybridized carbons (Fsp3) is 0.450. The summed E-state index contributed by atoms with van der Waals surface area (Å²) in [6.45, 7) is 0.843. The summed E-state index contributed by atoms with van der Waals surface area (Å²) in [5.41, 5.74) is 13.4. The second kappa shape index (κ2) is 8.62. The van der Waals surface area contributed by atoms with Crippen molar-refractivity contribution in [3.05, 3.63) is 41.9 Å². The van der Waals surface area contributed by atoms with E-state index < -0.39 is 5.91 Å². The topological polar surface area (TPSA) is 114 Å². The molecule has 1 heterocycles. The first kappa shape index (κ1) is 20.2. The van der Waals surface area contributed by atoms with Gasteiger partial charge in [0.25, 0.3) is 5.91 Å². The average molecular weight is 387 g/mol. The quantitative estimate of drug-likeness (QED) is 0.355. The van der Waals surface area contributed by atoms with Crippen LogP contribution in [-0.4, -0.2) is 55.1 Å². The Kier molecular flexibility index (Phi) is 6.21. The molecule has 0 radical (unpaired) electrons. The lowest BCUT2D eigenvalue weighted by Gasteiger charge is -2.35. The zero-order chi connectivity index (χ0) is 20.3. The number of carbonyl (C=O) groups excluding carboxylic acids is 1. The molecule has 7 nitrogen and oxygen atoms in total. The number of primary amides is 1. The highest BCUT2D eigenvalue weighted by atomic mass is 19.1. The third kappa shape index (κ3) is 5.02. The zero-order valence-electron chi connectivity index (χ0n) is 16.3. The van der Waals surface area contributed by atoms with Crippen LogP contribution in [0.1, 0.15) is 19.3 Å². The maximum absolute atomic E-state index is 13.0. The van der Waals surface area contributed by atoms with Crippen molar-refractivity contribution in [1.82, 2.24) is 4.90 Å². The van der Waals surface area contributed by atoms with Crippen LogP contribution < -0.4 is 16.8 Å². The first-order valence-corrected chi connectivity index (χ1v) is 9.50. The molecule has 0 saturated heterocycles. The Morgan fingerprint density at radius 2 is 1.96 bits per heavy atom. The molecule has 1 aliphatic heterocycles. The summed E-state index contributed by atoms with van der Waals surface area (Å²) in [5.74, 6) is -0.583. The molecule has 28 heavy (non-hydrogen) atoms. The highest BCUT2D eigenvalue weighted by Crippen LogP contribution is 2.29. The Bertz CT molecular complexity index is 814. The number of halogens is 1. The van der Waals surface area contributed by atoms with E-state index in [9.17, 15) is 9.18 Å². The number of benzene rings is 1. The Labute approximate surface area is 164 Å². The number of amides is 1. The molecule has 3 rings (SSSR count). The van der Waals surface area contributed by atoms with Gasteiger partial charge in [-0.15, -0.1) is 0 Å². The van der Waals surface area contributed by atoms with Gasteiger partial charge in [-0.1, -0.05) is 0 Å². The third-order valence-corrected chi connectivity index (χ3v) is 5.50. The van der Waals surface area contributed by atoms with Gasteiger partial charge < -0.3 is 21.7 Å². The van der Waals surface area contributed by atoms with E-state index in [0.717, 1.165) is 25.8 Å². The predicted octanol–water partition coefficient (Wildman–Crippen LogP) is 0.301. The van der Waals surface area contributed by atoms with Crippen LogP contribution in [0.15, 0.2) is 46.0 Å². The monoisotopic (exact) mass is 387 g/mol. The van der Waals surface area contributed by atoms with Crippen molar-refractivity contribution in [3.8, 4) is 0 Å². The van der Waals surface area contributed by atoms with Crippen LogP contribution in [0, 0.1) is 11.7 Å². The Balaban J connectivity index is 1.74. The highest BCUT2D eigenvalue weighted by molar-refractivity contribution is 6.19. The Morgan fingerprint density at radius 1 is 1.29 bits per heavy atom. The summed E-state index contributed by atoms with van der Waals surface area (Å²) in [6.07, 6.45) is 4.86. The molecule has 1 aromatic carbocycles. The molecule has 1 saturated carbocycles. The van der Waals surface area contributed by atoms with Crippen molar-refractivity contribution in [3.63, 3.8) is 0 Å². The van der Waals surface area contributed by atoms with Gasteiger partial charge in [-0.05, 0) is 51.2 Å². The van der Waals surface area contributed by atoms with Crippen LogP contribution in [-0.2, 0) is 4.79 Å². The van der Waals surface area contributed by atoms with Crippen LogP contribution in [0.25, 0.3) is 0 Å². The SMILES string of the molecule is CN(C)[C@H]1CC[C@H]([NH2+]/C=C(/C(N)=O)C(N)=Nc2ccc(F)cc2)[C@@H](C2=NC2)C1. The molecule has 1 amide bonds. The molecule has 150 valence electrons. The van der Waals surface area contributed by atoms with Gasteiger partial charge in [0.05, 0.1) is 24.2 Å². The number of nitrogens with two attached hydrogens (primary N) is 3. The van der Waals surface area contributed by atoms with E-state index in [0.29, 0.717) is 23.7 Å². The van der Waals surface area contributed by atoms with Crippen molar-refractivity contribution >= 4 is 23.1 Å². The molecule has 0 unspecified atom stereocenters. The molecule has 0 aromatic heterocycles. The largest absolute Gasteiger partial charge is 0.383 e. The predicted molar refractivity (Wildman–Crippen MR) is 108 cm³/mol. The zero-order valence-corrected chi connectivity index (χ0v) is 16.3. The van der Waals surface area contributed by atoms with Gasteiger partial charge in [0.1, 0.15) is 23.4 Å². The number of hydrogen-bond donors (Lipinski definition) is 3. The molecule has 8 heteroatoms. The summed E-state index contributed by atoms with van der Waals surface area (Å²) < 4.78 is 13.0. The lowest BCUT2D eigenvalue weighted by atomic mass is 9.79. The van der Waals surface area contributed by atoms with E-state index >= 15 is 0 Å². The van der Waals surface area contributed by atoms with E-state index in [1.807, 2.05) is 5.32 Å². The second-order valence-electron chi connectivity index (χ2n) is 7.62. The average Bonchev–Trinajstić information content (AvgIpc) is 3.48. The molecule has 1 aliphatic carbocycles. The number of aliphatic imine (C=N–C) groups is 2. The van der Waals surface area contributed by atoms with Gasteiger partial charge in [0, 0.05) is 18.2 Å². The Morgan fingerprint density at radius 3 is 2.54 bits per heavy atom. The van der Waals surface area contributed by atoms with Crippen molar-refractivity contribution < 1.29 is 14.5 Å². The smallest absolute Gasteiger partial charge is 0.257 e. The van der Waals surface area contributed by atoms with Crippen LogP contribution >= 0.6 is 0 Å². The van der Waals surface area contributed by atoms with E-state index in [1.54, 1.807) is 6.20 Å². The number of hydrogen-bond acceptors (Lipinski definition) is 4. The Hall–Kier alpha value is -2.58. The van der Waals surface area contributed by atoms with E-state index in [-0.39, 0.29) is 17.2 Å². The van der Waals surface area contributed by atoms with Crippen molar-refractivity contribution in [2.24, 2.45) is 27.4 Å². The molecule has 2 aliphatic rings. The second-order valence-corrected chi connectivity index (χ2v) is 7.62. The van der Waals surface area contributed by atoms with Gasteiger partial charge in [0.15, 0.2) is 0 Å². The third-order valence-electron chi connectivity index (χ3n) is 5.50. The van der Waals surface area contributed by atoms with Gasteiger partial charge >= 0.3 is 0 Å². The molecule has 0 spiro atoms. The minimum Gasteiger partial charge on any atom is -0.383 e. The number of carbonyl (C=O) groups is 1. The maximum Gasteiger partial charge on any atom is 0.257 e. The summed E-state index contributed by atoms with van der Waals surface area (Å²) in [5, 5.41) is 2.02. The molecule has 1 fully saturated rings. The van der Waals surface area contributed by atoms with Crippen LogP contribution in [0.3, 0.4) is 0 Å². The normalized spacial score (nSPS) is 25.6. The minimum absolute atomic E-state index is 0.0256. The lowest BCUT2D eigenvalue weighted by molar-refractivity contribution is -0.634.